The fraction of sp³-hybridized carbons (Fsp3) is 0.318. The van der Waals surface area contributed by atoms with Crippen LogP contribution in [0.25, 0.3) is 0 Å². The molecule has 0 atom stereocenters. The third-order valence-electron chi connectivity index (χ3n) is 5.32. The first-order valence-electron chi connectivity index (χ1n) is 10.2. The third-order valence-corrected chi connectivity index (χ3v) is 5.32. The molecule has 1 aromatic carbocycles. The Bertz CT molecular complexity index is 1050. The highest BCUT2D eigenvalue weighted by Gasteiger charge is 2.51. The molecule has 3 heterocycles. The number of nitrogens with zero attached hydrogens (tertiary/aromatic N) is 3. The number of nitrogens with one attached hydrogen (secondary N) is 2. The molecule has 33 heavy (non-hydrogen) atoms. The lowest BCUT2D eigenvalue weighted by Crippen LogP contribution is -2.65. The molecule has 1 aliphatic rings. The monoisotopic (exact) mass is 455 g/mol. The minimum absolute atomic E-state index is 0.0750. The van der Waals surface area contributed by atoms with Crippen LogP contribution in [0.2, 0.25) is 0 Å². The van der Waals surface area contributed by atoms with Gasteiger partial charge < -0.3 is 29.6 Å². The molecule has 0 saturated carbocycles. The Morgan fingerprint density at radius 1 is 1.36 bits per heavy atom. The molecule has 1 fully saturated rings. The lowest BCUT2D eigenvalue weighted by atomic mass is 9.73. The van der Waals surface area contributed by atoms with Gasteiger partial charge >= 0.3 is 0 Å². The summed E-state index contributed by atoms with van der Waals surface area (Å²) in [6.07, 6.45) is 5.87. The van der Waals surface area contributed by atoms with Crippen molar-refractivity contribution in [3.63, 3.8) is 0 Å². The van der Waals surface area contributed by atoms with Gasteiger partial charge in [0.2, 0.25) is 5.91 Å². The number of aromatic nitrogens is 3. The summed E-state index contributed by atoms with van der Waals surface area (Å²) in [5.41, 5.74) is 1.46. The lowest BCUT2D eigenvalue weighted by molar-refractivity contribution is -0.139. The fourth-order valence-corrected chi connectivity index (χ4v) is 3.74. The quantitative estimate of drug-likeness (QED) is 0.428. The first-order chi connectivity index (χ1) is 16.0. The van der Waals surface area contributed by atoms with Crippen molar-refractivity contribution in [3.05, 3.63) is 66.1 Å². The SMILES string of the molecule is COc1cccc(CC2(C(=O)NCCc3cnc[nH]3)CN(C(=O)c3ccon3)C2)c1.O=CO. The van der Waals surface area contributed by atoms with Crippen molar-refractivity contribution in [2.45, 2.75) is 12.8 Å². The Morgan fingerprint density at radius 3 is 2.79 bits per heavy atom. The molecule has 174 valence electrons. The lowest BCUT2D eigenvalue weighted by Gasteiger charge is -2.48. The summed E-state index contributed by atoms with van der Waals surface area (Å²) >= 11 is 0. The maximum absolute atomic E-state index is 13.1. The summed E-state index contributed by atoms with van der Waals surface area (Å²) in [5, 5.41) is 13.6. The van der Waals surface area contributed by atoms with E-state index in [2.05, 4.69) is 20.4 Å². The summed E-state index contributed by atoms with van der Waals surface area (Å²) in [7, 11) is 1.61. The van der Waals surface area contributed by atoms with Crippen LogP contribution in [0.5, 0.6) is 5.75 Å². The van der Waals surface area contributed by atoms with Crippen LogP contribution >= 0.6 is 0 Å². The molecule has 2 aromatic heterocycles. The second-order valence-electron chi connectivity index (χ2n) is 7.54. The van der Waals surface area contributed by atoms with Crippen molar-refractivity contribution < 1.29 is 28.8 Å². The smallest absolute Gasteiger partial charge is 0.290 e. The third kappa shape index (κ3) is 5.76. The first-order valence-corrected chi connectivity index (χ1v) is 10.2. The van der Waals surface area contributed by atoms with Crippen LogP contribution in [0.3, 0.4) is 0 Å². The zero-order chi connectivity index (χ0) is 23.7. The standard InChI is InChI=1S/C21H23N5O4.CH2O2/c1-29-17-4-2-3-15(9-17)10-21(20(28)23-7-5-16-11-22-14-24-16)12-26(13-21)19(27)18-6-8-30-25-18;2-1-3/h2-4,6,8-9,11,14H,5,7,10,12-13H2,1H3,(H,22,24)(H,23,28);1H,(H,2,3). The summed E-state index contributed by atoms with van der Waals surface area (Å²) in [5.74, 6) is 0.418. The fourth-order valence-electron chi connectivity index (χ4n) is 3.74. The zero-order valence-corrected chi connectivity index (χ0v) is 18.1. The number of H-pyrrole nitrogens is 1. The van der Waals surface area contributed by atoms with Crippen molar-refractivity contribution in [2.24, 2.45) is 5.41 Å². The first kappa shape index (κ1) is 23.5. The Labute approximate surface area is 189 Å². The zero-order valence-electron chi connectivity index (χ0n) is 18.1. The summed E-state index contributed by atoms with van der Waals surface area (Å²) < 4.78 is 10.1. The molecule has 1 aliphatic heterocycles. The topological polar surface area (TPSA) is 151 Å². The molecule has 1 saturated heterocycles. The van der Waals surface area contributed by atoms with Gasteiger partial charge in [-0.3, -0.25) is 14.4 Å². The van der Waals surface area contributed by atoms with Crippen LogP contribution in [0.15, 0.2) is 53.6 Å². The van der Waals surface area contributed by atoms with Gasteiger partial charge in [-0.05, 0) is 24.1 Å². The molecule has 0 aliphatic carbocycles. The van der Waals surface area contributed by atoms with Crippen LogP contribution in [0, 0.1) is 5.41 Å². The van der Waals surface area contributed by atoms with Crippen LogP contribution in [0.4, 0.5) is 0 Å². The van der Waals surface area contributed by atoms with E-state index in [1.54, 1.807) is 24.5 Å². The van der Waals surface area contributed by atoms with Crippen LogP contribution < -0.4 is 10.1 Å². The average Bonchev–Trinajstić information content (AvgIpc) is 3.50. The minimum Gasteiger partial charge on any atom is -0.497 e. The number of carboxylic acid groups (broad SMARTS) is 1. The molecule has 3 N–H and O–H groups in total. The van der Waals surface area contributed by atoms with E-state index in [1.165, 1.54) is 12.3 Å². The number of ether oxygens (including phenoxy) is 1. The Balaban J connectivity index is 0.000000968. The van der Waals surface area contributed by atoms with Gasteiger partial charge in [-0.1, -0.05) is 17.3 Å². The second kappa shape index (κ2) is 10.9. The maximum Gasteiger partial charge on any atom is 0.290 e. The van der Waals surface area contributed by atoms with E-state index >= 15 is 0 Å². The molecular formula is C22H25N5O6. The molecule has 0 unspecified atom stereocenters. The summed E-state index contributed by atoms with van der Waals surface area (Å²) in [6.45, 7) is 0.857. The minimum atomic E-state index is -0.709. The predicted octanol–water partition coefficient (Wildman–Crippen LogP) is 1.15. The van der Waals surface area contributed by atoms with Crippen molar-refractivity contribution in [2.75, 3.05) is 26.7 Å². The van der Waals surface area contributed by atoms with E-state index in [9.17, 15) is 9.59 Å². The highest BCUT2D eigenvalue weighted by Crippen LogP contribution is 2.36. The molecule has 0 radical (unpaired) electrons. The summed E-state index contributed by atoms with van der Waals surface area (Å²) in [4.78, 5) is 42.7. The number of methoxy groups -OCH3 is 1. The molecule has 0 spiro atoms. The van der Waals surface area contributed by atoms with E-state index in [4.69, 9.17) is 19.2 Å². The Morgan fingerprint density at radius 2 is 2.15 bits per heavy atom. The van der Waals surface area contributed by atoms with Crippen molar-refractivity contribution in [3.8, 4) is 5.75 Å². The molecule has 11 heteroatoms. The van der Waals surface area contributed by atoms with E-state index < -0.39 is 5.41 Å². The van der Waals surface area contributed by atoms with Crippen LogP contribution in [-0.2, 0) is 22.4 Å². The number of likely N-dealkylation sites (tertiary alicyclic amines) is 1. The largest absolute Gasteiger partial charge is 0.497 e. The van der Waals surface area contributed by atoms with Crippen molar-refractivity contribution in [1.82, 2.24) is 25.3 Å². The molecular weight excluding hydrogens is 430 g/mol. The van der Waals surface area contributed by atoms with Gasteiger partial charge in [-0.25, -0.2) is 4.98 Å². The van der Waals surface area contributed by atoms with E-state index in [0.717, 1.165) is 17.0 Å². The van der Waals surface area contributed by atoms with E-state index in [0.29, 0.717) is 32.5 Å². The van der Waals surface area contributed by atoms with Crippen LogP contribution in [0.1, 0.15) is 21.7 Å². The van der Waals surface area contributed by atoms with Crippen molar-refractivity contribution >= 4 is 18.3 Å². The van der Waals surface area contributed by atoms with Gasteiger partial charge in [0.15, 0.2) is 5.69 Å². The van der Waals surface area contributed by atoms with Gasteiger partial charge in [0.1, 0.15) is 12.0 Å². The number of hydrogen-bond acceptors (Lipinski definition) is 7. The van der Waals surface area contributed by atoms with Gasteiger partial charge in [0.25, 0.3) is 12.4 Å². The van der Waals surface area contributed by atoms with Gasteiger partial charge in [-0.15, -0.1) is 0 Å². The number of benzene rings is 1. The highest BCUT2D eigenvalue weighted by molar-refractivity contribution is 5.95. The Kier molecular flexibility index (Phi) is 7.79. The van der Waals surface area contributed by atoms with E-state index in [-0.39, 0.29) is 24.0 Å². The molecule has 0 bridgehead atoms. The number of rotatable bonds is 8. The number of imidazole rings is 1. The molecule has 11 nitrogen and oxygen atoms in total. The average molecular weight is 455 g/mol. The number of hydrogen-bond donors (Lipinski definition) is 3. The Hall–Kier alpha value is -4.15. The normalized spacial score (nSPS) is 13.8. The van der Waals surface area contributed by atoms with E-state index in [1.807, 2.05) is 24.3 Å². The molecule has 4 rings (SSSR count). The molecule has 2 amide bonds. The summed E-state index contributed by atoms with van der Waals surface area (Å²) in [6, 6.07) is 9.16. The van der Waals surface area contributed by atoms with Crippen LogP contribution in [-0.4, -0.2) is 70.2 Å². The number of carbonyl (C=O) groups excluding carboxylic acids is 2. The maximum atomic E-state index is 13.1. The highest BCUT2D eigenvalue weighted by atomic mass is 16.5. The van der Waals surface area contributed by atoms with Crippen molar-refractivity contribution in [1.29, 1.82) is 0 Å². The van der Waals surface area contributed by atoms with Gasteiger partial charge in [0, 0.05) is 44.0 Å². The second-order valence-corrected chi connectivity index (χ2v) is 7.54. The van der Waals surface area contributed by atoms with Gasteiger partial charge in [-0.2, -0.15) is 0 Å². The number of amides is 2. The predicted molar refractivity (Wildman–Crippen MR) is 116 cm³/mol. The molecule has 3 aromatic rings. The number of aromatic amines is 1. The number of carbonyl (C=O) groups is 3. The van der Waals surface area contributed by atoms with Gasteiger partial charge in [0.05, 0.1) is 18.9 Å².